The monoisotopic (exact) mass is 284 g/mol. The van der Waals surface area contributed by atoms with E-state index >= 15 is 0 Å². The van der Waals surface area contributed by atoms with Crippen LogP contribution in [0.4, 0.5) is 0 Å². The second-order valence-electron chi connectivity index (χ2n) is 6.58. The molecule has 0 radical (unpaired) electrons. The highest BCUT2D eigenvalue weighted by molar-refractivity contribution is 5.66. The van der Waals surface area contributed by atoms with Crippen molar-refractivity contribution in [1.29, 1.82) is 0 Å². The van der Waals surface area contributed by atoms with Crippen LogP contribution in [0, 0.1) is 5.41 Å². The number of allylic oxidation sites excluding steroid dienone is 10. The van der Waals surface area contributed by atoms with Crippen molar-refractivity contribution in [2.24, 2.45) is 5.41 Å². The molecule has 0 heterocycles. The Kier molecular flexibility index (Phi) is 6.61. The fourth-order valence-electron chi connectivity index (χ4n) is 2.80. The maximum absolute atomic E-state index is 10.3. The first-order valence-electron chi connectivity index (χ1n) is 7.72. The predicted octanol–water partition coefficient (Wildman–Crippen LogP) is 5.72. The summed E-state index contributed by atoms with van der Waals surface area (Å²) < 4.78 is 0. The highest BCUT2D eigenvalue weighted by Crippen LogP contribution is 2.40. The largest absolute Gasteiger partial charge is 0.299 e. The lowest BCUT2D eigenvalue weighted by Gasteiger charge is -2.32. The zero-order valence-electron chi connectivity index (χ0n) is 14.1. The van der Waals surface area contributed by atoms with E-state index in [-0.39, 0.29) is 5.41 Å². The minimum absolute atomic E-state index is 0.290. The second-order valence-corrected chi connectivity index (χ2v) is 6.58. The van der Waals surface area contributed by atoms with Crippen LogP contribution in [0.1, 0.15) is 53.9 Å². The molecule has 0 aromatic carbocycles. The first-order chi connectivity index (χ1) is 9.86. The standard InChI is InChI=1S/C20H28O/c1-16(8-6-9-17(2)13-15-21)11-12-19-18(3)10-7-14-20(19,4)5/h6,8-9,11-13,15H,7,10,14H2,1-5H3/b9-6+,12-11?,16-8?,17-13+. The van der Waals surface area contributed by atoms with E-state index in [0.29, 0.717) is 0 Å². The van der Waals surface area contributed by atoms with Crippen molar-refractivity contribution >= 4 is 6.29 Å². The summed E-state index contributed by atoms with van der Waals surface area (Å²) in [5, 5.41) is 0. The minimum atomic E-state index is 0.290. The van der Waals surface area contributed by atoms with E-state index in [2.05, 4.69) is 45.9 Å². The molecule has 1 rings (SSSR count). The van der Waals surface area contributed by atoms with Crippen molar-refractivity contribution in [2.45, 2.75) is 53.9 Å². The predicted molar refractivity (Wildman–Crippen MR) is 92.2 cm³/mol. The van der Waals surface area contributed by atoms with Gasteiger partial charge in [0.2, 0.25) is 0 Å². The summed E-state index contributed by atoms with van der Waals surface area (Å²) in [5.74, 6) is 0. The Balaban J connectivity index is 2.80. The van der Waals surface area contributed by atoms with Crippen LogP contribution in [0.25, 0.3) is 0 Å². The Hall–Kier alpha value is -1.63. The van der Waals surface area contributed by atoms with Gasteiger partial charge in [-0.05, 0) is 62.7 Å². The molecule has 0 fully saturated rings. The zero-order chi connectivity index (χ0) is 15.9. The summed E-state index contributed by atoms with van der Waals surface area (Å²) >= 11 is 0. The van der Waals surface area contributed by atoms with Crippen LogP contribution >= 0.6 is 0 Å². The molecule has 1 aliphatic rings. The number of hydrogen-bond donors (Lipinski definition) is 0. The zero-order valence-corrected chi connectivity index (χ0v) is 14.1. The van der Waals surface area contributed by atoms with Crippen LogP contribution in [-0.4, -0.2) is 6.29 Å². The third-order valence-corrected chi connectivity index (χ3v) is 4.10. The van der Waals surface area contributed by atoms with Gasteiger partial charge in [-0.1, -0.05) is 55.4 Å². The quantitative estimate of drug-likeness (QED) is 0.358. The molecular weight excluding hydrogens is 256 g/mol. The van der Waals surface area contributed by atoms with E-state index in [9.17, 15) is 4.79 Å². The first-order valence-corrected chi connectivity index (χ1v) is 7.72. The van der Waals surface area contributed by atoms with Gasteiger partial charge in [-0.3, -0.25) is 4.79 Å². The van der Waals surface area contributed by atoms with Gasteiger partial charge in [0, 0.05) is 0 Å². The molecule has 0 amide bonds. The Morgan fingerprint density at radius 3 is 2.38 bits per heavy atom. The van der Waals surface area contributed by atoms with Gasteiger partial charge in [0.05, 0.1) is 0 Å². The number of aldehydes is 1. The SMILES string of the molecule is CC(C=CC1=C(C)CCCC1(C)C)=C/C=C/C(C)=C/C=O. The van der Waals surface area contributed by atoms with E-state index < -0.39 is 0 Å². The van der Waals surface area contributed by atoms with Crippen LogP contribution in [0.3, 0.4) is 0 Å². The third kappa shape index (κ3) is 5.71. The van der Waals surface area contributed by atoms with E-state index in [1.165, 1.54) is 36.0 Å². The van der Waals surface area contributed by atoms with Gasteiger partial charge in [-0.15, -0.1) is 0 Å². The van der Waals surface area contributed by atoms with Crippen molar-refractivity contribution in [3.05, 3.63) is 58.7 Å². The average molecular weight is 284 g/mol. The van der Waals surface area contributed by atoms with E-state index in [1.807, 2.05) is 19.1 Å². The smallest absolute Gasteiger partial charge is 0.143 e. The van der Waals surface area contributed by atoms with Crippen LogP contribution < -0.4 is 0 Å². The lowest BCUT2D eigenvalue weighted by molar-refractivity contribution is -0.104. The molecule has 1 nitrogen and oxygen atoms in total. The van der Waals surface area contributed by atoms with Gasteiger partial charge in [0.1, 0.15) is 6.29 Å². The van der Waals surface area contributed by atoms with Crippen LogP contribution in [0.2, 0.25) is 0 Å². The highest BCUT2D eigenvalue weighted by atomic mass is 16.1. The van der Waals surface area contributed by atoms with Gasteiger partial charge in [-0.2, -0.15) is 0 Å². The summed E-state index contributed by atoms with van der Waals surface area (Å²) in [6, 6.07) is 0. The molecule has 0 unspecified atom stereocenters. The molecule has 0 saturated carbocycles. The van der Waals surface area contributed by atoms with Crippen LogP contribution in [0.5, 0.6) is 0 Å². The molecule has 0 atom stereocenters. The highest BCUT2D eigenvalue weighted by Gasteiger charge is 2.26. The molecule has 0 aliphatic heterocycles. The molecule has 0 saturated heterocycles. The number of rotatable bonds is 5. The average Bonchev–Trinajstić information content (AvgIpc) is 2.37. The molecule has 0 spiro atoms. The van der Waals surface area contributed by atoms with Gasteiger partial charge in [0.25, 0.3) is 0 Å². The Morgan fingerprint density at radius 1 is 1.10 bits per heavy atom. The van der Waals surface area contributed by atoms with Crippen LogP contribution in [-0.2, 0) is 4.79 Å². The van der Waals surface area contributed by atoms with Crippen molar-refractivity contribution in [1.82, 2.24) is 0 Å². The third-order valence-electron chi connectivity index (χ3n) is 4.10. The van der Waals surface area contributed by atoms with Gasteiger partial charge in [0.15, 0.2) is 0 Å². The number of hydrogen-bond acceptors (Lipinski definition) is 1. The fraction of sp³-hybridized carbons (Fsp3) is 0.450. The van der Waals surface area contributed by atoms with Crippen molar-refractivity contribution in [2.75, 3.05) is 0 Å². The Morgan fingerprint density at radius 2 is 1.76 bits per heavy atom. The molecule has 21 heavy (non-hydrogen) atoms. The van der Waals surface area contributed by atoms with E-state index in [4.69, 9.17) is 0 Å². The van der Waals surface area contributed by atoms with E-state index in [1.54, 1.807) is 6.08 Å². The molecule has 0 aromatic heterocycles. The van der Waals surface area contributed by atoms with Crippen molar-refractivity contribution in [3.8, 4) is 0 Å². The Labute approximate surface area is 129 Å². The molecule has 114 valence electrons. The van der Waals surface area contributed by atoms with Crippen molar-refractivity contribution in [3.63, 3.8) is 0 Å². The first kappa shape index (κ1) is 17.4. The molecule has 0 N–H and O–H groups in total. The van der Waals surface area contributed by atoms with E-state index in [0.717, 1.165) is 11.9 Å². The van der Waals surface area contributed by atoms with Gasteiger partial charge in [-0.25, -0.2) is 0 Å². The summed E-state index contributed by atoms with van der Waals surface area (Å²) in [5.41, 5.74) is 5.48. The Bertz CT molecular complexity index is 522. The lowest BCUT2D eigenvalue weighted by Crippen LogP contribution is -2.19. The maximum Gasteiger partial charge on any atom is 0.143 e. The minimum Gasteiger partial charge on any atom is -0.299 e. The molecule has 0 bridgehead atoms. The molecule has 1 heteroatoms. The number of carbonyl (C=O) groups excluding carboxylic acids is 1. The summed E-state index contributed by atoms with van der Waals surface area (Å²) in [6.45, 7) is 10.9. The molecule has 0 aromatic rings. The van der Waals surface area contributed by atoms with Gasteiger partial charge >= 0.3 is 0 Å². The maximum atomic E-state index is 10.3. The summed E-state index contributed by atoms with van der Waals surface area (Å²) in [4.78, 5) is 10.3. The van der Waals surface area contributed by atoms with Crippen LogP contribution in [0.15, 0.2) is 58.7 Å². The topological polar surface area (TPSA) is 17.1 Å². The lowest BCUT2D eigenvalue weighted by atomic mass is 9.72. The normalized spacial score (nSPS) is 20.6. The second kappa shape index (κ2) is 7.97. The molecular formula is C20H28O. The molecule has 1 aliphatic carbocycles. The fourth-order valence-corrected chi connectivity index (χ4v) is 2.80. The summed E-state index contributed by atoms with van der Waals surface area (Å²) in [6.07, 6.45) is 16.6. The van der Waals surface area contributed by atoms with Gasteiger partial charge < -0.3 is 0 Å². The number of carbonyl (C=O) groups is 1. The van der Waals surface area contributed by atoms with Crippen molar-refractivity contribution < 1.29 is 4.79 Å². The summed E-state index contributed by atoms with van der Waals surface area (Å²) in [7, 11) is 0.